The molecule has 0 aliphatic carbocycles. The molecule has 0 bridgehead atoms. The maximum atomic E-state index is 5.92. The van der Waals surface area contributed by atoms with Gasteiger partial charge >= 0.3 is 0 Å². The minimum atomic E-state index is 0.654. The zero-order valence-corrected chi connectivity index (χ0v) is 12.5. The molecule has 1 saturated heterocycles. The summed E-state index contributed by atoms with van der Waals surface area (Å²) in [5.74, 6) is 1.86. The van der Waals surface area contributed by atoms with Gasteiger partial charge in [-0.3, -0.25) is 0 Å². The summed E-state index contributed by atoms with van der Waals surface area (Å²) in [5, 5.41) is 0. The van der Waals surface area contributed by atoms with Crippen molar-refractivity contribution >= 4 is 5.69 Å². The Labute approximate surface area is 121 Å². The zero-order valence-electron chi connectivity index (χ0n) is 12.5. The third-order valence-corrected chi connectivity index (χ3v) is 4.28. The maximum Gasteiger partial charge on any atom is 0.184 e. The normalized spacial score (nSPS) is 19.2. The van der Waals surface area contributed by atoms with Gasteiger partial charge in [0.15, 0.2) is 11.5 Å². The first kappa shape index (κ1) is 13.6. The highest BCUT2D eigenvalue weighted by Gasteiger charge is 2.25. The molecule has 0 N–H and O–H groups in total. The first-order valence-corrected chi connectivity index (χ1v) is 7.72. The summed E-state index contributed by atoms with van der Waals surface area (Å²) < 4.78 is 11.7. The Balaban J connectivity index is 1.91. The minimum absolute atomic E-state index is 0.654. The smallest absolute Gasteiger partial charge is 0.184 e. The number of ether oxygens (including phenoxy) is 2. The Bertz CT molecular complexity index is 468. The Kier molecular flexibility index (Phi) is 4.01. The molecule has 4 heteroatoms. The van der Waals surface area contributed by atoms with Gasteiger partial charge in [0.25, 0.3) is 0 Å². The predicted molar refractivity (Wildman–Crippen MR) is 81.1 cm³/mol. The molecule has 0 amide bonds. The molecule has 1 fully saturated rings. The molecule has 1 aromatic rings. The van der Waals surface area contributed by atoms with Crippen molar-refractivity contribution in [3.63, 3.8) is 0 Å². The minimum Gasteiger partial charge on any atom is -0.486 e. The van der Waals surface area contributed by atoms with Crippen LogP contribution < -0.4 is 14.4 Å². The molecule has 2 aliphatic heterocycles. The number of hydrogen-bond donors (Lipinski definition) is 0. The van der Waals surface area contributed by atoms with E-state index in [4.69, 9.17) is 9.47 Å². The Morgan fingerprint density at radius 2 is 1.75 bits per heavy atom. The van der Waals surface area contributed by atoms with Crippen molar-refractivity contribution in [3.05, 3.63) is 17.7 Å². The fraction of sp³-hybridized carbons (Fsp3) is 0.625. The van der Waals surface area contributed by atoms with Crippen LogP contribution >= 0.6 is 0 Å². The van der Waals surface area contributed by atoms with Crippen molar-refractivity contribution in [1.29, 1.82) is 0 Å². The third-order valence-electron chi connectivity index (χ3n) is 4.28. The lowest BCUT2D eigenvalue weighted by Gasteiger charge is -2.38. The lowest BCUT2D eigenvalue weighted by Crippen LogP contribution is -2.46. The lowest BCUT2D eigenvalue weighted by molar-refractivity contribution is 0.171. The summed E-state index contributed by atoms with van der Waals surface area (Å²) in [6.07, 6.45) is 1.03. The monoisotopic (exact) mass is 276 g/mol. The van der Waals surface area contributed by atoms with Crippen molar-refractivity contribution in [1.82, 2.24) is 4.90 Å². The number of anilines is 1. The molecule has 0 atom stereocenters. The summed E-state index contributed by atoms with van der Waals surface area (Å²) in [6, 6.07) is 4.24. The standard InChI is InChI=1S/C16H24N2O2/c1-3-13-5-6-14-16(20-12-11-19-14)15(13)18-9-7-17(4-2)8-10-18/h5-6H,3-4,7-12H2,1-2H3. The van der Waals surface area contributed by atoms with E-state index in [1.165, 1.54) is 11.3 Å². The highest BCUT2D eigenvalue weighted by atomic mass is 16.6. The molecule has 0 spiro atoms. The fourth-order valence-corrected chi connectivity index (χ4v) is 3.06. The van der Waals surface area contributed by atoms with Gasteiger partial charge in [0, 0.05) is 26.2 Å². The van der Waals surface area contributed by atoms with E-state index in [-0.39, 0.29) is 0 Å². The largest absolute Gasteiger partial charge is 0.486 e. The second-order valence-electron chi connectivity index (χ2n) is 5.37. The number of hydrogen-bond acceptors (Lipinski definition) is 4. The van der Waals surface area contributed by atoms with E-state index in [1.54, 1.807) is 0 Å². The van der Waals surface area contributed by atoms with Gasteiger partial charge < -0.3 is 19.3 Å². The van der Waals surface area contributed by atoms with Crippen LogP contribution in [0.1, 0.15) is 19.4 Å². The summed E-state index contributed by atoms with van der Waals surface area (Å²) in [4.78, 5) is 4.97. The van der Waals surface area contributed by atoms with E-state index in [1.807, 2.05) is 0 Å². The number of benzene rings is 1. The van der Waals surface area contributed by atoms with Crippen LogP contribution in [0.4, 0.5) is 5.69 Å². The Morgan fingerprint density at radius 3 is 2.45 bits per heavy atom. The molecule has 4 nitrogen and oxygen atoms in total. The number of rotatable bonds is 3. The molecule has 3 rings (SSSR count). The van der Waals surface area contributed by atoms with Crippen LogP contribution in [0.3, 0.4) is 0 Å². The van der Waals surface area contributed by atoms with Gasteiger partial charge in [0.1, 0.15) is 13.2 Å². The lowest BCUT2D eigenvalue weighted by atomic mass is 10.1. The van der Waals surface area contributed by atoms with Crippen LogP contribution in [0, 0.1) is 0 Å². The fourth-order valence-electron chi connectivity index (χ4n) is 3.06. The molecule has 0 radical (unpaired) electrons. The second kappa shape index (κ2) is 5.92. The van der Waals surface area contributed by atoms with Crippen molar-refractivity contribution in [2.75, 3.05) is 50.8 Å². The van der Waals surface area contributed by atoms with Crippen molar-refractivity contribution < 1.29 is 9.47 Å². The van der Waals surface area contributed by atoms with E-state index in [0.717, 1.165) is 50.6 Å². The van der Waals surface area contributed by atoms with E-state index < -0.39 is 0 Å². The molecule has 110 valence electrons. The summed E-state index contributed by atoms with van der Waals surface area (Å²) in [7, 11) is 0. The predicted octanol–water partition coefficient (Wildman–Crippen LogP) is 2.16. The van der Waals surface area contributed by atoms with Crippen LogP contribution in [0.15, 0.2) is 12.1 Å². The average molecular weight is 276 g/mol. The third kappa shape index (κ3) is 2.44. The molecular formula is C16H24N2O2. The van der Waals surface area contributed by atoms with Gasteiger partial charge in [0.2, 0.25) is 0 Å². The van der Waals surface area contributed by atoms with Crippen LogP contribution in [0.25, 0.3) is 0 Å². The number of aryl methyl sites for hydroxylation is 1. The van der Waals surface area contributed by atoms with Crippen LogP contribution in [0.2, 0.25) is 0 Å². The Hall–Kier alpha value is -1.42. The highest BCUT2D eigenvalue weighted by molar-refractivity contribution is 5.70. The average Bonchev–Trinajstić information content (AvgIpc) is 2.54. The molecular weight excluding hydrogens is 252 g/mol. The SMILES string of the molecule is CCc1ccc2c(c1N1CCN(CC)CC1)OCCO2. The molecule has 2 aliphatic rings. The molecule has 0 saturated carbocycles. The van der Waals surface area contributed by atoms with E-state index in [2.05, 4.69) is 35.8 Å². The van der Waals surface area contributed by atoms with Gasteiger partial charge in [-0.1, -0.05) is 19.9 Å². The number of likely N-dealkylation sites (N-methyl/N-ethyl adjacent to an activating group) is 1. The van der Waals surface area contributed by atoms with Crippen LogP contribution in [-0.4, -0.2) is 50.8 Å². The van der Waals surface area contributed by atoms with Crippen molar-refractivity contribution in [2.45, 2.75) is 20.3 Å². The van der Waals surface area contributed by atoms with Crippen molar-refractivity contribution in [2.24, 2.45) is 0 Å². The number of piperazine rings is 1. The van der Waals surface area contributed by atoms with Gasteiger partial charge in [-0.05, 0) is 24.6 Å². The number of fused-ring (bicyclic) bond motifs is 1. The van der Waals surface area contributed by atoms with Gasteiger partial charge in [-0.15, -0.1) is 0 Å². The molecule has 1 aromatic carbocycles. The highest BCUT2D eigenvalue weighted by Crippen LogP contribution is 2.42. The van der Waals surface area contributed by atoms with E-state index in [9.17, 15) is 0 Å². The first-order valence-electron chi connectivity index (χ1n) is 7.72. The van der Waals surface area contributed by atoms with Gasteiger partial charge in [0.05, 0.1) is 5.69 Å². The summed E-state index contributed by atoms with van der Waals surface area (Å²) in [6.45, 7) is 11.3. The first-order chi connectivity index (χ1) is 9.83. The summed E-state index contributed by atoms with van der Waals surface area (Å²) >= 11 is 0. The maximum absolute atomic E-state index is 5.92. The number of nitrogens with zero attached hydrogens (tertiary/aromatic N) is 2. The van der Waals surface area contributed by atoms with Crippen LogP contribution in [0.5, 0.6) is 11.5 Å². The topological polar surface area (TPSA) is 24.9 Å². The van der Waals surface area contributed by atoms with Gasteiger partial charge in [-0.25, -0.2) is 0 Å². The molecule has 2 heterocycles. The molecule has 0 aromatic heterocycles. The van der Waals surface area contributed by atoms with E-state index >= 15 is 0 Å². The van der Waals surface area contributed by atoms with E-state index in [0.29, 0.717) is 13.2 Å². The molecule has 20 heavy (non-hydrogen) atoms. The molecule has 0 unspecified atom stereocenters. The zero-order chi connectivity index (χ0) is 13.9. The van der Waals surface area contributed by atoms with Crippen LogP contribution in [-0.2, 0) is 6.42 Å². The van der Waals surface area contributed by atoms with Gasteiger partial charge in [-0.2, -0.15) is 0 Å². The second-order valence-corrected chi connectivity index (χ2v) is 5.37. The quantitative estimate of drug-likeness (QED) is 0.844. The van der Waals surface area contributed by atoms with Crippen molar-refractivity contribution in [3.8, 4) is 11.5 Å². The Morgan fingerprint density at radius 1 is 1.00 bits per heavy atom. The summed E-state index contributed by atoms with van der Waals surface area (Å²) in [5.41, 5.74) is 2.62.